The van der Waals surface area contributed by atoms with Crippen molar-refractivity contribution in [3.05, 3.63) is 35.4 Å². The molecule has 0 radical (unpaired) electrons. The summed E-state index contributed by atoms with van der Waals surface area (Å²) in [5, 5.41) is 39.9. The number of nitrogens with zero attached hydrogens (tertiary/aromatic N) is 4. The minimum Gasteiger partial charge on any atom is -0.478 e. The van der Waals surface area contributed by atoms with E-state index in [1.807, 2.05) is 0 Å². The number of carboxylic acid groups (broad SMARTS) is 1. The van der Waals surface area contributed by atoms with Gasteiger partial charge in [0.1, 0.15) is 5.56 Å². The fourth-order valence-electron chi connectivity index (χ4n) is 2.35. The number of esters is 1. The molecular formula is C18H30N6O6. The Balaban J connectivity index is 0.000000300. The van der Waals surface area contributed by atoms with Crippen LogP contribution in [0.4, 0.5) is 0 Å². The number of aromatic carboxylic acids is 1. The first-order valence-electron chi connectivity index (χ1n) is 9.44. The largest absolute Gasteiger partial charge is 0.478 e. The van der Waals surface area contributed by atoms with Gasteiger partial charge in [0.05, 0.1) is 50.9 Å². The van der Waals surface area contributed by atoms with Crippen LogP contribution in [0.1, 0.15) is 26.4 Å². The van der Waals surface area contributed by atoms with E-state index in [4.69, 9.17) is 15.3 Å². The van der Waals surface area contributed by atoms with Gasteiger partial charge >= 0.3 is 11.9 Å². The van der Waals surface area contributed by atoms with Crippen LogP contribution in [0.5, 0.6) is 0 Å². The van der Waals surface area contributed by atoms with Crippen LogP contribution in [-0.2, 0) is 17.8 Å². The van der Waals surface area contributed by atoms with E-state index in [1.54, 1.807) is 22.5 Å². The molecule has 0 spiro atoms. The molecule has 0 aliphatic heterocycles. The Hall–Kier alpha value is -2.80. The number of hydrogen-bond acceptors (Lipinski definition) is 9. The number of aryl methyl sites for hydroxylation is 1. The maximum Gasteiger partial charge on any atom is 0.341 e. The summed E-state index contributed by atoms with van der Waals surface area (Å²) in [4.78, 5) is 21.8. The van der Waals surface area contributed by atoms with E-state index in [9.17, 15) is 9.59 Å². The lowest BCUT2D eigenvalue weighted by Gasteiger charge is -2.02. The van der Waals surface area contributed by atoms with Crippen molar-refractivity contribution < 1.29 is 29.6 Å². The van der Waals surface area contributed by atoms with Crippen LogP contribution in [0.15, 0.2) is 18.6 Å². The molecule has 2 aromatic rings. The van der Waals surface area contributed by atoms with Crippen LogP contribution in [0, 0.1) is 6.92 Å². The SMILES string of the molecule is COC(=O)c1cnn(CCNCCO)c1.Cc1nn(CCNCCO)cc1C(=O)O. The number of nitrogens with one attached hydrogen (secondary N) is 2. The summed E-state index contributed by atoms with van der Waals surface area (Å²) in [7, 11) is 1.34. The molecule has 0 aliphatic rings. The van der Waals surface area contributed by atoms with Gasteiger partial charge in [-0.15, -0.1) is 0 Å². The van der Waals surface area contributed by atoms with E-state index < -0.39 is 5.97 Å². The van der Waals surface area contributed by atoms with Gasteiger partial charge in [-0.3, -0.25) is 9.36 Å². The molecule has 168 valence electrons. The van der Waals surface area contributed by atoms with Crippen molar-refractivity contribution in [1.29, 1.82) is 0 Å². The number of aromatic nitrogens is 4. The van der Waals surface area contributed by atoms with Crippen molar-refractivity contribution in [3.8, 4) is 0 Å². The molecule has 2 heterocycles. The molecule has 30 heavy (non-hydrogen) atoms. The second-order valence-electron chi connectivity index (χ2n) is 6.13. The molecular weight excluding hydrogens is 396 g/mol. The average molecular weight is 426 g/mol. The number of carboxylic acids is 1. The molecule has 0 saturated heterocycles. The lowest BCUT2D eigenvalue weighted by atomic mass is 10.3. The predicted octanol–water partition coefficient (Wildman–Crippen LogP) is -1.28. The highest BCUT2D eigenvalue weighted by Gasteiger charge is 2.11. The highest BCUT2D eigenvalue weighted by Crippen LogP contribution is 2.04. The molecule has 0 bridgehead atoms. The molecule has 0 fully saturated rings. The van der Waals surface area contributed by atoms with Crippen LogP contribution < -0.4 is 10.6 Å². The summed E-state index contributed by atoms with van der Waals surface area (Å²) < 4.78 is 7.79. The summed E-state index contributed by atoms with van der Waals surface area (Å²) in [6, 6.07) is 0. The second kappa shape index (κ2) is 14.2. The number of methoxy groups -OCH3 is 1. The monoisotopic (exact) mass is 426 g/mol. The first-order chi connectivity index (χ1) is 14.4. The van der Waals surface area contributed by atoms with E-state index in [2.05, 4.69) is 25.6 Å². The Morgan fingerprint density at radius 2 is 1.63 bits per heavy atom. The first kappa shape index (κ1) is 25.2. The van der Waals surface area contributed by atoms with Crippen molar-refractivity contribution in [3.63, 3.8) is 0 Å². The molecule has 12 heteroatoms. The summed E-state index contributed by atoms with van der Waals surface area (Å²) in [5.74, 6) is -1.34. The van der Waals surface area contributed by atoms with Crippen LogP contribution in [0.2, 0.25) is 0 Å². The highest BCUT2D eigenvalue weighted by molar-refractivity contribution is 5.88. The Kier molecular flexibility index (Phi) is 12.0. The number of rotatable bonds is 12. The molecule has 2 rings (SSSR count). The molecule has 0 aromatic carbocycles. The van der Waals surface area contributed by atoms with Gasteiger partial charge in [0.25, 0.3) is 0 Å². The van der Waals surface area contributed by atoms with Crippen molar-refractivity contribution in [1.82, 2.24) is 30.2 Å². The second-order valence-corrected chi connectivity index (χ2v) is 6.13. The number of aliphatic hydroxyl groups is 2. The van der Waals surface area contributed by atoms with Crippen LogP contribution in [0.3, 0.4) is 0 Å². The van der Waals surface area contributed by atoms with E-state index in [0.717, 1.165) is 0 Å². The van der Waals surface area contributed by atoms with E-state index in [-0.39, 0.29) is 24.7 Å². The van der Waals surface area contributed by atoms with E-state index >= 15 is 0 Å². The minimum absolute atomic E-state index is 0.0957. The predicted molar refractivity (Wildman–Crippen MR) is 107 cm³/mol. The molecule has 5 N–H and O–H groups in total. The number of aliphatic hydroxyl groups excluding tert-OH is 2. The lowest BCUT2D eigenvalue weighted by molar-refractivity contribution is 0.0599. The van der Waals surface area contributed by atoms with Gasteiger partial charge in [0.2, 0.25) is 0 Å². The Morgan fingerprint density at radius 1 is 1.03 bits per heavy atom. The topological polar surface area (TPSA) is 164 Å². The first-order valence-corrected chi connectivity index (χ1v) is 9.44. The van der Waals surface area contributed by atoms with Gasteiger partial charge in [-0.25, -0.2) is 9.59 Å². The Labute approximate surface area is 174 Å². The molecule has 0 aliphatic carbocycles. The number of carbonyl (C=O) groups is 2. The van der Waals surface area contributed by atoms with E-state index in [0.29, 0.717) is 50.5 Å². The minimum atomic E-state index is -0.956. The van der Waals surface area contributed by atoms with E-state index in [1.165, 1.54) is 19.5 Å². The number of ether oxygens (including phenoxy) is 1. The normalized spacial score (nSPS) is 10.4. The van der Waals surface area contributed by atoms with Crippen molar-refractivity contribution in [2.24, 2.45) is 0 Å². The van der Waals surface area contributed by atoms with Crippen molar-refractivity contribution >= 4 is 11.9 Å². The quantitative estimate of drug-likeness (QED) is 0.204. The van der Waals surface area contributed by atoms with Crippen LogP contribution >= 0.6 is 0 Å². The molecule has 0 saturated carbocycles. The van der Waals surface area contributed by atoms with Gasteiger partial charge in [-0.2, -0.15) is 10.2 Å². The highest BCUT2D eigenvalue weighted by atomic mass is 16.5. The third-order valence-electron chi connectivity index (χ3n) is 3.84. The zero-order valence-corrected chi connectivity index (χ0v) is 17.2. The molecule has 0 unspecified atom stereocenters. The number of carbonyl (C=O) groups excluding carboxylic acids is 1. The van der Waals surface area contributed by atoms with Gasteiger partial charge in [-0.1, -0.05) is 0 Å². The van der Waals surface area contributed by atoms with Crippen LogP contribution in [0.25, 0.3) is 0 Å². The van der Waals surface area contributed by atoms with Gasteiger partial charge < -0.3 is 30.7 Å². The van der Waals surface area contributed by atoms with Gasteiger partial charge in [0.15, 0.2) is 0 Å². The van der Waals surface area contributed by atoms with Gasteiger partial charge in [-0.05, 0) is 6.92 Å². The summed E-state index contributed by atoms with van der Waals surface area (Å²) in [6.07, 6.45) is 4.61. The lowest BCUT2D eigenvalue weighted by Crippen LogP contribution is -2.23. The molecule has 0 amide bonds. The molecule has 0 atom stereocenters. The summed E-state index contributed by atoms with van der Waals surface area (Å²) in [5.41, 5.74) is 1.20. The number of hydrogen-bond donors (Lipinski definition) is 5. The maximum absolute atomic E-state index is 11.1. The Morgan fingerprint density at radius 3 is 2.13 bits per heavy atom. The van der Waals surface area contributed by atoms with Crippen molar-refractivity contribution in [2.45, 2.75) is 20.0 Å². The molecule has 12 nitrogen and oxygen atoms in total. The third kappa shape index (κ3) is 9.13. The van der Waals surface area contributed by atoms with Gasteiger partial charge in [0, 0.05) is 38.6 Å². The van der Waals surface area contributed by atoms with Crippen molar-refractivity contribution in [2.75, 3.05) is 46.5 Å². The Bertz CT molecular complexity index is 775. The zero-order chi connectivity index (χ0) is 22.4. The smallest absolute Gasteiger partial charge is 0.341 e. The average Bonchev–Trinajstić information content (AvgIpc) is 3.35. The summed E-state index contributed by atoms with van der Waals surface area (Å²) >= 11 is 0. The third-order valence-corrected chi connectivity index (χ3v) is 3.84. The molecule has 2 aromatic heterocycles. The fraction of sp³-hybridized carbons (Fsp3) is 0.556. The zero-order valence-electron chi connectivity index (χ0n) is 17.2. The maximum atomic E-state index is 11.1. The standard InChI is InChI=1S/2C9H15N3O3/c1-15-9(14)8-6-11-12(7-8)4-2-10-3-5-13;1-7-8(9(14)15)6-12(11-7)4-2-10-3-5-13/h6-7,10,13H,2-5H2,1H3;6,10,13H,2-5H2,1H3,(H,14,15). The fourth-order valence-corrected chi connectivity index (χ4v) is 2.35. The summed E-state index contributed by atoms with van der Waals surface area (Å²) in [6.45, 7) is 5.57. The van der Waals surface area contributed by atoms with Crippen LogP contribution in [-0.4, -0.2) is 93.3 Å².